The molecule has 1 aliphatic carbocycles. The molecular formula is C13H21NO4. The normalized spacial score (nSPS) is 26.1. The number of carbonyl (C=O) groups is 2. The molecule has 2 N–H and O–H groups in total. The summed E-state index contributed by atoms with van der Waals surface area (Å²) < 4.78 is 5.24. The Bertz CT molecular complexity index is 317. The molecule has 1 saturated carbocycles. The maximum absolute atomic E-state index is 11.9. The second-order valence-electron chi connectivity index (χ2n) is 5.50. The van der Waals surface area contributed by atoms with E-state index in [0.29, 0.717) is 31.9 Å². The number of ether oxygens (including phenoxy) is 1. The average Bonchev–Trinajstić information content (AvgIpc) is 2.97. The molecule has 0 spiro atoms. The Hall–Kier alpha value is -1.10. The number of carboxylic acids is 1. The van der Waals surface area contributed by atoms with Gasteiger partial charge in [-0.05, 0) is 19.3 Å². The molecule has 2 rings (SSSR count). The topological polar surface area (TPSA) is 75.6 Å². The van der Waals surface area contributed by atoms with Gasteiger partial charge in [0.05, 0.1) is 12.0 Å². The van der Waals surface area contributed by atoms with Crippen molar-refractivity contribution in [1.29, 1.82) is 0 Å². The van der Waals surface area contributed by atoms with E-state index in [9.17, 15) is 14.7 Å². The summed E-state index contributed by atoms with van der Waals surface area (Å²) in [5.41, 5.74) is -0.809. The van der Waals surface area contributed by atoms with Gasteiger partial charge in [0.2, 0.25) is 5.91 Å². The van der Waals surface area contributed by atoms with E-state index in [2.05, 4.69) is 5.32 Å². The summed E-state index contributed by atoms with van der Waals surface area (Å²) in [4.78, 5) is 23.2. The predicted molar refractivity (Wildman–Crippen MR) is 65.1 cm³/mol. The Labute approximate surface area is 107 Å². The van der Waals surface area contributed by atoms with Gasteiger partial charge in [-0.1, -0.05) is 12.8 Å². The van der Waals surface area contributed by atoms with E-state index < -0.39 is 11.4 Å². The molecule has 5 nitrogen and oxygen atoms in total. The lowest BCUT2D eigenvalue weighted by Crippen LogP contribution is -2.37. The summed E-state index contributed by atoms with van der Waals surface area (Å²) in [6, 6.07) is 0. The third-order valence-corrected chi connectivity index (χ3v) is 4.13. The molecule has 1 saturated heterocycles. The minimum atomic E-state index is -0.820. The molecule has 2 aliphatic rings. The van der Waals surface area contributed by atoms with Crippen LogP contribution in [0.25, 0.3) is 0 Å². The summed E-state index contributed by atoms with van der Waals surface area (Å²) in [5, 5.41) is 12.1. The molecule has 2 fully saturated rings. The molecule has 0 aromatic heterocycles. The number of aliphatic carboxylic acids is 1. The van der Waals surface area contributed by atoms with Gasteiger partial charge in [0.25, 0.3) is 0 Å². The molecule has 1 unspecified atom stereocenters. The monoisotopic (exact) mass is 255 g/mol. The lowest BCUT2D eigenvalue weighted by molar-refractivity contribution is -0.151. The first kappa shape index (κ1) is 13.3. The summed E-state index contributed by atoms with van der Waals surface area (Å²) in [5.74, 6) is -0.566. The van der Waals surface area contributed by atoms with Crippen LogP contribution in [0.15, 0.2) is 0 Å². The fraction of sp³-hybridized carbons (Fsp3) is 0.846. The lowest BCUT2D eigenvalue weighted by Gasteiger charge is -2.23. The molecule has 102 valence electrons. The van der Waals surface area contributed by atoms with Crippen LogP contribution in [-0.2, 0) is 14.3 Å². The van der Waals surface area contributed by atoms with E-state index in [1.165, 1.54) is 0 Å². The molecule has 0 aromatic rings. The van der Waals surface area contributed by atoms with Crippen LogP contribution in [0.1, 0.15) is 38.5 Å². The Morgan fingerprint density at radius 2 is 2.06 bits per heavy atom. The molecule has 18 heavy (non-hydrogen) atoms. The highest BCUT2D eigenvalue weighted by molar-refractivity contribution is 5.85. The minimum absolute atomic E-state index is 0.121. The van der Waals surface area contributed by atoms with E-state index in [0.717, 1.165) is 25.9 Å². The highest BCUT2D eigenvalue weighted by Gasteiger charge is 2.42. The van der Waals surface area contributed by atoms with Gasteiger partial charge in [-0.25, -0.2) is 0 Å². The van der Waals surface area contributed by atoms with Gasteiger partial charge in [0, 0.05) is 25.5 Å². The van der Waals surface area contributed by atoms with Crippen molar-refractivity contribution in [3.63, 3.8) is 0 Å². The number of carboxylic acid groups (broad SMARTS) is 1. The first-order chi connectivity index (χ1) is 8.62. The first-order valence-electron chi connectivity index (χ1n) is 6.70. The van der Waals surface area contributed by atoms with Crippen LogP contribution in [0.2, 0.25) is 0 Å². The molecule has 1 atom stereocenters. The molecule has 1 heterocycles. The van der Waals surface area contributed by atoms with Crippen molar-refractivity contribution in [3.05, 3.63) is 0 Å². The molecule has 0 radical (unpaired) electrons. The number of amides is 1. The van der Waals surface area contributed by atoms with Crippen LogP contribution in [0, 0.1) is 11.3 Å². The van der Waals surface area contributed by atoms with Crippen LogP contribution in [0.4, 0.5) is 0 Å². The standard InChI is InChI=1S/C13H21NO4/c15-11(14-8-10-3-6-18-9-10)7-13(12(16)17)4-1-2-5-13/h10H,1-9H2,(H,14,15)(H,16,17). The van der Waals surface area contributed by atoms with Crippen LogP contribution in [0.3, 0.4) is 0 Å². The number of rotatable bonds is 5. The van der Waals surface area contributed by atoms with Gasteiger partial charge in [-0.3, -0.25) is 9.59 Å². The van der Waals surface area contributed by atoms with E-state index in [1.807, 2.05) is 0 Å². The summed E-state index contributed by atoms with van der Waals surface area (Å²) in [7, 11) is 0. The zero-order valence-corrected chi connectivity index (χ0v) is 10.6. The Balaban J connectivity index is 1.80. The maximum atomic E-state index is 11.9. The summed E-state index contributed by atoms with van der Waals surface area (Å²) >= 11 is 0. The molecule has 0 bridgehead atoms. The molecular weight excluding hydrogens is 234 g/mol. The predicted octanol–water partition coefficient (Wildman–Crippen LogP) is 1.17. The highest BCUT2D eigenvalue weighted by Crippen LogP contribution is 2.41. The van der Waals surface area contributed by atoms with Crippen molar-refractivity contribution < 1.29 is 19.4 Å². The second kappa shape index (κ2) is 5.69. The quantitative estimate of drug-likeness (QED) is 0.773. The van der Waals surface area contributed by atoms with E-state index in [-0.39, 0.29) is 12.3 Å². The fourth-order valence-corrected chi connectivity index (χ4v) is 2.89. The fourth-order valence-electron chi connectivity index (χ4n) is 2.89. The van der Waals surface area contributed by atoms with Gasteiger partial charge >= 0.3 is 5.97 Å². The Morgan fingerprint density at radius 1 is 1.33 bits per heavy atom. The van der Waals surface area contributed by atoms with E-state index in [1.54, 1.807) is 0 Å². The summed E-state index contributed by atoms with van der Waals surface area (Å²) in [6.07, 6.45) is 4.18. The molecule has 5 heteroatoms. The van der Waals surface area contributed by atoms with Crippen LogP contribution in [0.5, 0.6) is 0 Å². The zero-order chi connectivity index (χ0) is 13.0. The lowest BCUT2D eigenvalue weighted by atomic mass is 9.82. The van der Waals surface area contributed by atoms with Crippen molar-refractivity contribution in [1.82, 2.24) is 5.32 Å². The van der Waals surface area contributed by atoms with E-state index in [4.69, 9.17) is 4.74 Å². The van der Waals surface area contributed by atoms with Crippen molar-refractivity contribution in [2.75, 3.05) is 19.8 Å². The zero-order valence-electron chi connectivity index (χ0n) is 10.6. The van der Waals surface area contributed by atoms with Crippen molar-refractivity contribution in [2.24, 2.45) is 11.3 Å². The summed E-state index contributed by atoms with van der Waals surface area (Å²) in [6.45, 7) is 2.07. The van der Waals surface area contributed by atoms with Gasteiger partial charge in [-0.2, -0.15) is 0 Å². The maximum Gasteiger partial charge on any atom is 0.310 e. The highest BCUT2D eigenvalue weighted by atomic mass is 16.5. The number of hydrogen-bond acceptors (Lipinski definition) is 3. The van der Waals surface area contributed by atoms with Gasteiger partial charge in [0.1, 0.15) is 0 Å². The number of hydrogen-bond donors (Lipinski definition) is 2. The van der Waals surface area contributed by atoms with Crippen molar-refractivity contribution in [3.8, 4) is 0 Å². The number of carbonyl (C=O) groups excluding carboxylic acids is 1. The largest absolute Gasteiger partial charge is 0.481 e. The van der Waals surface area contributed by atoms with Crippen LogP contribution < -0.4 is 5.32 Å². The average molecular weight is 255 g/mol. The minimum Gasteiger partial charge on any atom is -0.481 e. The third kappa shape index (κ3) is 3.02. The molecule has 1 amide bonds. The smallest absolute Gasteiger partial charge is 0.310 e. The van der Waals surface area contributed by atoms with Gasteiger partial charge in [0.15, 0.2) is 0 Å². The molecule has 0 aromatic carbocycles. The van der Waals surface area contributed by atoms with Crippen LogP contribution in [-0.4, -0.2) is 36.7 Å². The Morgan fingerprint density at radius 3 is 2.61 bits per heavy atom. The molecule has 1 aliphatic heterocycles. The van der Waals surface area contributed by atoms with Crippen molar-refractivity contribution in [2.45, 2.75) is 38.5 Å². The van der Waals surface area contributed by atoms with E-state index >= 15 is 0 Å². The third-order valence-electron chi connectivity index (χ3n) is 4.13. The van der Waals surface area contributed by atoms with Crippen molar-refractivity contribution >= 4 is 11.9 Å². The first-order valence-corrected chi connectivity index (χ1v) is 6.70. The SMILES string of the molecule is O=C(CC1(C(=O)O)CCCC1)NCC1CCOC1. The van der Waals surface area contributed by atoms with Crippen LogP contribution >= 0.6 is 0 Å². The Kier molecular flexibility index (Phi) is 4.22. The van der Waals surface area contributed by atoms with Gasteiger partial charge in [-0.15, -0.1) is 0 Å². The number of nitrogens with one attached hydrogen (secondary N) is 1. The second-order valence-corrected chi connectivity index (χ2v) is 5.50. The van der Waals surface area contributed by atoms with Gasteiger partial charge < -0.3 is 15.2 Å².